The van der Waals surface area contributed by atoms with Gasteiger partial charge in [-0.3, -0.25) is 0 Å². The van der Waals surface area contributed by atoms with E-state index < -0.39 is 11.7 Å². The molecule has 2 nitrogen and oxygen atoms in total. The molecule has 0 saturated heterocycles. The van der Waals surface area contributed by atoms with Gasteiger partial charge >= 0.3 is 6.18 Å². The Hall–Kier alpha value is -1.23. The van der Waals surface area contributed by atoms with Crippen molar-refractivity contribution in [1.29, 1.82) is 0 Å². The molecule has 0 fully saturated rings. The van der Waals surface area contributed by atoms with Crippen LogP contribution in [-0.2, 0) is 6.18 Å². The summed E-state index contributed by atoms with van der Waals surface area (Å²) in [5, 5.41) is 0. The van der Waals surface area contributed by atoms with Crippen LogP contribution in [0.3, 0.4) is 0 Å². The second-order valence-electron chi connectivity index (χ2n) is 4.13. The van der Waals surface area contributed by atoms with E-state index >= 15 is 0 Å². The Labute approximate surface area is 99.0 Å². The van der Waals surface area contributed by atoms with Gasteiger partial charge in [0.25, 0.3) is 0 Å². The molecule has 0 heterocycles. The summed E-state index contributed by atoms with van der Waals surface area (Å²) in [5.74, 6) is 0.500. The Morgan fingerprint density at radius 1 is 1.24 bits per heavy atom. The second-order valence-corrected chi connectivity index (χ2v) is 4.13. The monoisotopic (exact) mass is 247 g/mol. The molecule has 0 N–H and O–H groups in total. The molecule has 0 aliphatic carbocycles. The summed E-state index contributed by atoms with van der Waals surface area (Å²) < 4.78 is 42.6. The van der Waals surface area contributed by atoms with Gasteiger partial charge in [0.15, 0.2) is 0 Å². The molecule has 1 aromatic carbocycles. The van der Waals surface area contributed by atoms with Gasteiger partial charge in [0.1, 0.15) is 12.4 Å². The zero-order valence-corrected chi connectivity index (χ0v) is 10.1. The first-order chi connectivity index (χ1) is 7.80. The van der Waals surface area contributed by atoms with E-state index in [1.807, 2.05) is 19.0 Å². The van der Waals surface area contributed by atoms with E-state index in [4.69, 9.17) is 4.74 Å². The maximum Gasteiger partial charge on any atom is 0.416 e. The van der Waals surface area contributed by atoms with E-state index in [1.165, 1.54) is 6.07 Å². The predicted octanol–water partition coefficient (Wildman–Crippen LogP) is 2.95. The van der Waals surface area contributed by atoms with Gasteiger partial charge in [0, 0.05) is 6.54 Å². The van der Waals surface area contributed by atoms with Crippen LogP contribution < -0.4 is 4.74 Å². The van der Waals surface area contributed by atoms with Crippen LogP contribution in [0.1, 0.15) is 11.1 Å². The number of hydrogen-bond donors (Lipinski definition) is 0. The minimum atomic E-state index is -4.30. The maximum absolute atomic E-state index is 12.4. The smallest absolute Gasteiger partial charge is 0.416 e. The summed E-state index contributed by atoms with van der Waals surface area (Å²) in [7, 11) is 3.81. The molecular weight excluding hydrogens is 231 g/mol. The lowest BCUT2D eigenvalue weighted by molar-refractivity contribution is -0.137. The molecular formula is C12H16F3NO. The molecule has 0 amide bonds. The quantitative estimate of drug-likeness (QED) is 0.811. The molecule has 0 radical (unpaired) electrons. The van der Waals surface area contributed by atoms with Crippen LogP contribution in [0.2, 0.25) is 0 Å². The van der Waals surface area contributed by atoms with Crippen molar-refractivity contribution in [3.63, 3.8) is 0 Å². The van der Waals surface area contributed by atoms with Crippen molar-refractivity contribution in [3.05, 3.63) is 29.3 Å². The lowest BCUT2D eigenvalue weighted by atomic mass is 10.1. The molecule has 0 unspecified atom stereocenters. The molecule has 17 heavy (non-hydrogen) atoms. The molecule has 0 aliphatic heterocycles. The molecule has 96 valence electrons. The lowest BCUT2D eigenvalue weighted by Crippen LogP contribution is -2.19. The number of rotatable bonds is 4. The maximum atomic E-state index is 12.4. The normalized spacial score (nSPS) is 11.9. The Kier molecular flexibility index (Phi) is 4.40. The average molecular weight is 247 g/mol. The predicted molar refractivity (Wildman–Crippen MR) is 60.2 cm³/mol. The van der Waals surface area contributed by atoms with Gasteiger partial charge in [-0.05, 0) is 44.8 Å². The van der Waals surface area contributed by atoms with Crippen LogP contribution in [0.5, 0.6) is 5.75 Å². The van der Waals surface area contributed by atoms with Crippen molar-refractivity contribution in [2.24, 2.45) is 0 Å². The molecule has 1 rings (SSSR count). The van der Waals surface area contributed by atoms with Crippen LogP contribution in [0.25, 0.3) is 0 Å². The SMILES string of the molecule is Cc1cc(C(F)(F)F)ccc1OCCN(C)C. The Morgan fingerprint density at radius 3 is 2.35 bits per heavy atom. The van der Waals surface area contributed by atoms with Crippen molar-refractivity contribution in [2.45, 2.75) is 13.1 Å². The average Bonchev–Trinajstić information content (AvgIpc) is 2.18. The van der Waals surface area contributed by atoms with Gasteiger partial charge in [-0.2, -0.15) is 13.2 Å². The molecule has 0 aromatic heterocycles. The Morgan fingerprint density at radius 2 is 1.88 bits per heavy atom. The largest absolute Gasteiger partial charge is 0.492 e. The van der Waals surface area contributed by atoms with Gasteiger partial charge in [-0.25, -0.2) is 0 Å². The number of ether oxygens (including phenoxy) is 1. The summed E-state index contributed by atoms with van der Waals surface area (Å²) in [6.07, 6.45) is -4.30. The zero-order chi connectivity index (χ0) is 13.1. The van der Waals surface area contributed by atoms with Gasteiger partial charge in [0.2, 0.25) is 0 Å². The lowest BCUT2D eigenvalue weighted by Gasteiger charge is -2.14. The Balaban J connectivity index is 2.70. The van der Waals surface area contributed by atoms with Crippen LogP contribution in [0.15, 0.2) is 18.2 Å². The van der Waals surface area contributed by atoms with Gasteiger partial charge < -0.3 is 9.64 Å². The van der Waals surface area contributed by atoms with Gasteiger partial charge in [0.05, 0.1) is 5.56 Å². The first-order valence-electron chi connectivity index (χ1n) is 5.26. The highest BCUT2D eigenvalue weighted by molar-refractivity contribution is 5.37. The van der Waals surface area contributed by atoms with Crippen molar-refractivity contribution >= 4 is 0 Å². The third kappa shape index (κ3) is 4.26. The van der Waals surface area contributed by atoms with Crippen LogP contribution in [0.4, 0.5) is 13.2 Å². The van der Waals surface area contributed by atoms with Gasteiger partial charge in [-0.1, -0.05) is 0 Å². The number of likely N-dealkylation sites (N-methyl/N-ethyl adjacent to an activating group) is 1. The van der Waals surface area contributed by atoms with Crippen molar-refractivity contribution in [1.82, 2.24) is 4.90 Å². The van der Waals surface area contributed by atoms with E-state index in [0.717, 1.165) is 18.7 Å². The Bertz CT molecular complexity index is 375. The molecule has 0 atom stereocenters. The summed E-state index contributed by atoms with van der Waals surface area (Å²) in [4.78, 5) is 1.94. The van der Waals surface area contributed by atoms with Crippen LogP contribution in [0, 0.1) is 6.92 Å². The highest BCUT2D eigenvalue weighted by atomic mass is 19.4. The summed E-state index contributed by atoms with van der Waals surface area (Å²) in [5.41, 5.74) is -0.145. The fourth-order valence-electron chi connectivity index (χ4n) is 1.33. The number of hydrogen-bond acceptors (Lipinski definition) is 2. The van der Waals surface area contributed by atoms with E-state index in [9.17, 15) is 13.2 Å². The van der Waals surface area contributed by atoms with Crippen LogP contribution in [-0.4, -0.2) is 32.1 Å². The highest BCUT2D eigenvalue weighted by Gasteiger charge is 2.30. The number of nitrogens with zero attached hydrogens (tertiary/aromatic N) is 1. The van der Waals surface area contributed by atoms with Crippen molar-refractivity contribution in [2.75, 3.05) is 27.2 Å². The summed E-state index contributed by atoms with van der Waals surface area (Å²) in [6.45, 7) is 2.79. The standard InChI is InChI=1S/C12H16F3NO/c1-9-8-10(12(13,14)15)4-5-11(9)17-7-6-16(2)3/h4-5,8H,6-7H2,1-3H3. The number of benzene rings is 1. The van der Waals surface area contributed by atoms with E-state index in [1.54, 1.807) is 6.92 Å². The first-order valence-corrected chi connectivity index (χ1v) is 5.26. The first kappa shape index (κ1) is 13.8. The second kappa shape index (κ2) is 5.40. The van der Waals surface area contributed by atoms with E-state index in [0.29, 0.717) is 17.9 Å². The third-order valence-electron chi connectivity index (χ3n) is 2.30. The topological polar surface area (TPSA) is 12.5 Å². The summed E-state index contributed by atoms with van der Waals surface area (Å²) >= 11 is 0. The fraction of sp³-hybridized carbons (Fsp3) is 0.500. The molecule has 0 saturated carbocycles. The molecule has 5 heteroatoms. The molecule has 0 bridgehead atoms. The van der Waals surface area contributed by atoms with Crippen molar-refractivity contribution in [3.8, 4) is 5.75 Å². The minimum Gasteiger partial charge on any atom is -0.492 e. The third-order valence-corrected chi connectivity index (χ3v) is 2.30. The number of aryl methyl sites for hydroxylation is 1. The van der Waals surface area contributed by atoms with Crippen molar-refractivity contribution < 1.29 is 17.9 Å². The highest BCUT2D eigenvalue weighted by Crippen LogP contribution is 2.32. The zero-order valence-electron chi connectivity index (χ0n) is 10.1. The van der Waals surface area contributed by atoms with Crippen LogP contribution >= 0.6 is 0 Å². The number of alkyl halides is 3. The fourth-order valence-corrected chi connectivity index (χ4v) is 1.33. The molecule has 0 aliphatic rings. The molecule has 0 spiro atoms. The minimum absolute atomic E-state index is 0.458. The van der Waals surface area contributed by atoms with Gasteiger partial charge in [-0.15, -0.1) is 0 Å². The van der Waals surface area contributed by atoms with E-state index in [2.05, 4.69) is 0 Å². The number of halogens is 3. The molecule has 1 aromatic rings. The van der Waals surface area contributed by atoms with E-state index in [-0.39, 0.29) is 0 Å². The summed E-state index contributed by atoms with van der Waals surface area (Å²) in [6, 6.07) is 3.51.